The minimum Gasteiger partial charge on any atom is -0.476 e. The SMILES string of the molecule is CCOc1nc(N)nc2c1ncn2[C@@H]1O[C@@H]2CO[P@@](=O)(OCCCC(=O)OC(C)C)O[C@H]2[C@@]1(C)OC(C)=O. The highest BCUT2D eigenvalue weighted by Gasteiger charge is 2.63. The van der Waals surface area contributed by atoms with E-state index in [4.69, 9.17) is 38.3 Å². The summed E-state index contributed by atoms with van der Waals surface area (Å²) >= 11 is 0. The van der Waals surface area contributed by atoms with Crippen molar-refractivity contribution in [1.82, 2.24) is 19.5 Å². The lowest BCUT2D eigenvalue weighted by Crippen LogP contribution is -2.50. The first kappa shape index (κ1) is 28.2. The molecule has 0 spiro atoms. The molecule has 16 heteroatoms. The molecule has 0 aromatic carbocycles. The average molecular weight is 557 g/mol. The summed E-state index contributed by atoms with van der Waals surface area (Å²) in [5.74, 6) is -0.883. The molecule has 2 aliphatic rings. The van der Waals surface area contributed by atoms with E-state index < -0.39 is 43.8 Å². The fourth-order valence-corrected chi connectivity index (χ4v) is 5.87. The summed E-state index contributed by atoms with van der Waals surface area (Å²) in [4.78, 5) is 36.6. The molecular formula is C22H32N5O10P. The molecule has 2 N–H and O–H groups in total. The largest absolute Gasteiger partial charge is 0.476 e. The quantitative estimate of drug-likeness (QED) is 0.255. The van der Waals surface area contributed by atoms with Crippen LogP contribution >= 0.6 is 7.82 Å². The van der Waals surface area contributed by atoms with Crippen LogP contribution in [0, 0.1) is 0 Å². The van der Waals surface area contributed by atoms with Crippen molar-refractivity contribution in [2.45, 2.75) is 77.6 Å². The van der Waals surface area contributed by atoms with E-state index >= 15 is 0 Å². The number of phosphoric acid groups is 1. The van der Waals surface area contributed by atoms with E-state index in [9.17, 15) is 14.2 Å². The molecule has 0 amide bonds. The van der Waals surface area contributed by atoms with Gasteiger partial charge in [0.25, 0.3) is 0 Å². The van der Waals surface area contributed by atoms with Crippen molar-refractivity contribution in [2.75, 3.05) is 25.6 Å². The highest BCUT2D eigenvalue weighted by atomic mass is 31.2. The van der Waals surface area contributed by atoms with Gasteiger partial charge >= 0.3 is 19.8 Å². The molecule has 0 unspecified atom stereocenters. The lowest BCUT2D eigenvalue weighted by molar-refractivity contribution is -0.175. The van der Waals surface area contributed by atoms with E-state index in [1.165, 1.54) is 17.8 Å². The number of fused-ring (bicyclic) bond motifs is 2. The Bertz CT molecular complexity index is 1240. The summed E-state index contributed by atoms with van der Waals surface area (Å²) in [7, 11) is -4.08. The number of anilines is 1. The molecule has 0 aliphatic carbocycles. The number of hydrogen-bond donors (Lipinski definition) is 1. The number of carbonyl (C=O) groups excluding carboxylic acids is 2. The Morgan fingerprint density at radius 3 is 2.79 bits per heavy atom. The van der Waals surface area contributed by atoms with Crippen molar-refractivity contribution in [2.24, 2.45) is 0 Å². The zero-order valence-corrected chi connectivity index (χ0v) is 22.7. The van der Waals surface area contributed by atoms with Gasteiger partial charge in [-0.05, 0) is 34.1 Å². The zero-order chi connectivity index (χ0) is 27.7. The number of ether oxygens (including phenoxy) is 4. The van der Waals surface area contributed by atoms with Crippen LogP contribution in [-0.2, 0) is 41.9 Å². The van der Waals surface area contributed by atoms with Gasteiger partial charge in [-0.1, -0.05) is 0 Å². The topological polar surface area (TPSA) is 185 Å². The van der Waals surface area contributed by atoms with E-state index in [0.29, 0.717) is 12.1 Å². The van der Waals surface area contributed by atoms with E-state index in [0.717, 1.165) is 0 Å². The predicted octanol–water partition coefficient (Wildman–Crippen LogP) is 2.30. The van der Waals surface area contributed by atoms with Crippen LogP contribution in [0.3, 0.4) is 0 Å². The number of phosphoric ester groups is 1. The number of hydrogen-bond acceptors (Lipinski definition) is 14. The van der Waals surface area contributed by atoms with Gasteiger partial charge < -0.3 is 24.7 Å². The van der Waals surface area contributed by atoms with Crippen molar-refractivity contribution < 1.29 is 46.7 Å². The Kier molecular flexibility index (Phi) is 8.23. The normalized spacial score (nSPS) is 28.8. The molecule has 4 rings (SSSR count). The van der Waals surface area contributed by atoms with Gasteiger partial charge in [0, 0.05) is 13.3 Å². The molecule has 5 atom stereocenters. The Hall–Kier alpha value is -2.84. The van der Waals surface area contributed by atoms with E-state index in [1.807, 2.05) is 0 Å². The Morgan fingerprint density at radius 1 is 1.34 bits per heavy atom. The monoisotopic (exact) mass is 557 g/mol. The minimum atomic E-state index is -4.08. The molecule has 2 aromatic rings. The second-order valence-corrected chi connectivity index (χ2v) is 10.8. The van der Waals surface area contributed by atoms with Gasteiger partial charge in [0.15, 0.2) is 23.0 Å². The molecule has 0 radical (unpaired) electrons. The molecule has 15 nitrogen and oxygen atoms in total. The molecule has 2 aromatic heterocycles. The lowest BCUT2D eigenvalue weighted by Gasteiger charge is -2.37. The summed E-state index contributed by atoms with van der Waals surface area (Å²) in [6.07, 6.45) is -1.33. The molecule has 210 valence electrons. The molecular weight excluding hydrogens is 525 g/mol. The number of nitrogens with zero attached hydrogens (tertiary/aromatic N) is 4. The standard InChI is InChI=1S/C22H32N5O10P/c1-6-31-19-16-18(25-21(23)26-19)27(11-24-16)20-22(5,36-13(4)28)17-14(35-20)10-33-38(30,37-17)32-9-7-8-15(29)34-12(2)3/h11-12,14,17,20H,6-10H2,1-5H3,(H2,23,25,26)/t14-,17-,20-,22-,38-/m1/s1. The number of aromatic nitrogens is 4. The third-order valence-electron chi connectivity index (χ3n) is 5.78. The smallest absolute Gasteiger partial charge is 0.475 e. The number of esters is 2. The van der Waals surface area contributed by atoms with Crippen LogP contribution < -0.4 is 10.5 Å². The first-order valence-electron chi connectivity index (χ1n) is 12.2. The molecule has 38 heavy (non-hydrogen) atoms. The summed E-state index contributed by atoms with van der Waals surface area (Å²) in [6, 6.07) is 0. The molecule has 2 saturated heterocycles. The van der Waals surface area contributed by atoms with E-state index in [1.54, 1.807) is 27.7 Å². The molecule has 2 aliphatic heterocycles. The Morgan fingerprint density at radius 2 is 2.11 bits per heavy atom. The maximum Gasteiger partial charge on any atom is 0.475 e. The maximum atomic E-state index is 13.3. The third-order valence-corrected chi connectivity index (χ3v) is 7.23. The second kappa shape index (κ2) is 11.1. The zero-order valence-electron chi connectivity index (χ0n) is 21.8. The fraction of sp³-hybridized carbons (Fsp3) is 0.682. The number of imidazole rings is 1. The van der Waals surface area contributed by atoms with Gasteiger partial charge in [-0.15, -0.1) is 0 Å². The highest BCUT2D eigenvalue weighted by Crippen LogP contribution is 2.59. The third kappa shape index (κ3) is 5.76. The second-order valence-electron chi connectivity index (χ2n) is 9.19. The van der Waals surface area contributed by atoms with Gasteiger partial charge in [0.1, 0.15) is 12.2 Å². The summed E-state index contributed by atoms with van der Waals surface area (Å²) in [5.41, 5.74) is 4.99. The van der Waals surface area contributed by atoms with E-state index in [-0.39, 0.29) is 49.6 Å². The van der Waals surface area contributed by atoms with E-state index in [2.05, 4.69) is 15.0 Å². The minimum absolute atomic E-state index is 0.0536. The first-order valence-corrected chi connectivity index (χ1v) is 13.7. The predicted molar refractivity (Wildman–Crippen MR) is 130 cm³/mol. The van der Waals surface area contributed by atoms with Crippen molar-refractivity contribution in [1.29, 1.82) is 0 Å². The lowest BCUT2D eigenvalue weighted by atomic mass is 9.96. The van der Waals surface area contributed by atoms with Crippen molar-refractivity contribution in [3.8, 4) is 5.88 Å². The van der Waals surface area contributed by atoms with Crippen LogP contribution in [0.5, 0.6) is 5.88 Å². The average Bonchev–Trinajstić information content (AvgIpc) is 3.34. The number of nitrogens with two attached hydrogens (primary N) is 1. The highest BCUT2D eigenvalue weighted by molar-refractivity contribution is 7.48. The first-order chi connectivity index (χ1) is 18.0. The summed E-state index contributed by atoms with van der Waals surface area (Å²) in [5, 5.41) is 0. The molecule has 2 fully saturated rings. The Labute approximate surface area is 218 Å². The maximum absolute atomic E-state index is 13.3. The van der Waals surface area contributed by atoms with Gasteiger partial charge in [-0.25, -0.2) is 9.55 Å². The van der Waals surface area contributed by atoms with Crippen LogP contribution in [0.15, 0.2) is 6.33 Å². The van der Waals surface area contributed by atoms with Crippen LogP contribution in [0.25, 0.3) is 11.2 Å². The summed E-state index contributed by atoms with van der Waals surface area (Å²) in [6.45, 7) is 8.18. The summed E-state index contributed by atoms with van der Waals surface area (Å²) < 4.78 is 53.9. The van der Waals surface area contributed by atoms with Gasteiger partial charge in [0.05, 0.1) is 32.3 Å². The van der Waals surface area contributed by atoms with Crippen LogP contribution in [0.4, 0.5) is 5.95 Å². The number of nitrogen functional groups attached to an aromatic ring is 1. The van der Waals surface area contributed by atoms with Crippen LogP contribution in [0.2, 0.25) is 0 Å². The fourth-order valence-electron chi connectivity index (χ4n) is 4.37. The van der Waals surface area contributed by atoms with Crippen LogP contribution in [-0.4, -0.2) is 75.2 Å². The van der Waals surface area contributed by atoms with Gasteiger partial charge in [-0.3, -0.25) is 27.7 Å². The molecule has 0 bridgehead atoms. The molecule has 0 saturated carbocycles. The van der Waals surface area contributed by atoms with Crippen LogP contribution in [0.1, 0.15) is 53.7 Å². The Balaban J connectivity index is 1.56. The molecule has 4 heterocycles. The number of carbonyl (C=O) groups is 2. The number of rotatable bonds is 10. The van der Waals surface area contributed by atoms with Crippen molar-refractivity contribution in [3.63, 3.8) is 0 Å². The van der Waals surface area contributed by atoms with Crippen molar-refractivity contribution in [3.05, 3.63) is 6.33 Å². The van der Waals surface area contributed by atoms with Gasteiger partial charge in [-0.2, -0.15) is 9.97 Å². The van der Waals surface area contributed by atoms with Crippen molar-refractivity contribution >= 4 is 36.9 Å². The van der Waals surface area contributed by atoms with Gasteiger partial charge in [0.2, 0.25) is 11.8 Å².